The van der Waals surface area contributed by atoms with Crippen molar-refractivity contribution in [2.24, 2.45) is 0 Å². The fraction of sp³-hybridized carbons (Fsp3) is 0.250. The molecular formula is C16H16N2O7. The number of amides is 4. The van der Waals surface area contributed by atoms with E-state index in [1.54, 1.807) is 6.92 Å². The standard InChI is InChI=1S/C16H16N2O7/c1-3-24-12-7-9(4-5-11(12)25-8-13(19)20)6-10-14(21)17-16(23)18(2)15(10)22/h4-7H,3,8H2,1-2H3,(H,19,20)(H,17,21,23)/b10-6-. The van der Waals surface area contributed by atoms with Crippen LogP contribution in [0.1, 0.15) is 12.5 Å². The largest absolute Gasteiger partial charge is 0.490 e. The van der Waals surface area contributed by atoms with Crippen molar-refractivity contribution in [1.29, 1.82) is 0 Å². The number of carbonyl (C=O) groups is 4. The highest BCUT2D eigenvalue weighted by atomic mass is 16.5. The number of urea groups is 1. The number of carboxylic acid groups (broad SMARTS) is 1. The first-order valence-corrected chi connectivity index (χ1v) is 7.30. The number of hydrogen-bond donors (Lipinski definition) is 2. The van der Waals surface area contributed by atoms with E-state index in [4.69, 9.17) is 14.6 Å². The van der Waals surface area contributed by atoms with Crippen molar-refractivity contribution in [2.75, 3.05) is 20.3 Å². The molecule has 2 rings (SSSR count). The molecule has 0 aliphatic carbocycles. The number of imide groups is 2. The number of nitrogens with zero attached hydrogens (tertiary/aromatic N) is 1. The minimum atomic E-state index is -1.13. The predicted molar refractivity (Wildman–Crippen MR) is 85.0 cm³/mol. The maximum atomic E-state index is 12.1. The average Bonchev–Trinajstić information content (AvgIpc) is 2.56. The van der Waals surface area contributed by atoms with E-state index in [1.165, 1.54) is 31.3 Å². The number of likely N-dealkylation sites (N-methyl/N-ethyl adjacent to an activating group) is 1. The number of hydrogen-bond acceptors (Lipinski definition) is 6. The second-order valence-electron chi connectivity index (χ2n) is 5.00. The van der Waals surface area contributed by atoms with Gasteiger partial charge in [-0.15, -0.1) is 0 Å². The normalized spacial score (nSPS) is 16.0. The fourth-order valence-corrected chi connectivity index (χ4v) is 2.05. The van der Waals surface area contributed by atoms with Gasteiger partial charge in [0.15, 0.2) is 18.1 Å². The van der Waals surface area contributed by atoms with Crippen molar-refractivity contribution in [1.82, 2.24) is 10.2 Å². The third-order valence-corrected chi connectivity index (χ3v) is 3.23. The zero-order valence-electron chi connectivity index (χ0n) is 13.6. The van der Waals surface area contributed by atoms with Gasteiger partial charge >= 0.3 is 12.0 Å². The molecule has 2 N–H and O–H groups in total. The number of rotatable bonds is 6. The highest BCUT2D eigenvalue weighted by molar-refractivity contribution is 6.30. The summed E-state index contributed by atoms with van der Waals surface area (Å²) in [5.74, 6) is -2.16. The van der Waals surface area contributed by atoms with Crippen molar-refractivity contribution in [3.05, 3.63) is 29.3 Å². The van der Waals surface area contributed by atoms with Crippen LogP contribution in [-0.4, -0.2) is 54.1 Å². The van der Waals surface area contributed by atoms with Gasteiger partial charge in [0.25, 0.3) is 11.8 Å². The number of carbonyl (C=O) groups excluding carboxylic acids is 3. The molecule has 0 radical (unpaired) electrons. The van der Waals surface area contributed by atoms with E-state index >= 15 is 0 Å². The van der Waals surface area contributed by atoms with E-state index in [0.29, 0.717) is 12.2 Å². The summed E-state index contributed by atoms with van der Waals surface area (Å²) < 4.78 is 10.5. The van der Waals surface area contributed by atoms with Crippen molar-refractivity contribution < 1.29 is 33.8 Å². The van der Waals surface area contributed by atoms with Crippen molar-refractivity contribution >= 4 is 29.9 Å². The van der Waals surface area contributed by atoms with Crippen LogP contribution in [-0.2, 0) is 14.4 Å². The van der Waals surface area contributed by atoms with Gasteiger partial charge in [0.2, 0.25) is 0 Å². The smallest absolute Gasteiger partial charge is 0.341 e. The molecule has 1 aromatic carbocycles. The molecule has 25 heavy (non-hydrogen) atoms. The lowest BCUT2D eigenvalue weighted by Gasteiger charge is -2.22. The minimum Gasteiger partial charge on any atom is -0.490 e. The third-order valence-electron chi connectivity index (χ3n) is 3.23. The summed E-state index contributed by atoms with van der Waals surface area (Å²) in [5, 5.41) is 10.7. The number of aliphatic carboxylic acids is 1. The molecular weight excluding hydrogens is 332 g/mol. The van der Waals surface area contributed by atoms with Crippen LogP contribution in [0.15, 0.2) is 23.8 Å². The van der Waals surface area contributed by atoms with Crippen LogP contribution < -0.4 is 14.8 Å². The second-order valence-corrected chi connectivity index (χ2v) is 5.00. The molecule has 1 fully saturated rings. The number of ether oxygens (including phenoxy) is 2. The molecule has 0 bridgehead atoms. The topological polar surface area (TPSA) is 122 Å². The second kappa shape index (κ2) is 7.47. The Hall–Kier alpha value is -3.36. The molecule has 9 heteroatoms. The first kappa shape index (κ1) is 18.0. The van der Waals surface area contributed by atoms with E-state index < -0.39 is 30.4 Å². The predicted octanol–water partition coefficient (Wildman–Crippen LogP) is 0.640. The molecule has 0 saturated carbocycles. The summed E-state index contributed by atoms with van der Waals surface area (Å²) in [6.07, 6.45) is 1.31. The van der Waals surface area contributed by atoms with Crippen LogP contribution in [0.5, 0.6) is 11.5 Å². The molecule has 9 nitrogen and oxygen atoms in total. The zero-order valence-corrected chi connectivity index (χ0v) is 13.6. The van der Waals surface area contributed by atoms with Crippen LogP contribution in [0.3, 0.4) is 0 Å². The Morgan fingerprint density at radius 3 is 2.60 bits per heavy atom. The van der Waals surface area contributed by atoms with Crippen molar-refractivity contribution in [2.45, 2.75) is 6.92 Å². The van der Waals surface area contributed by atoms with Gasteiger partial charge in [0.1, 0.15) is 5.57 Å². The van der Waals surface area contributed by atoms with Crippen LogP contribution in [0.25, 0.3) is 6.08 Å². The lowest BCUT2D eigenvalue weighted by atomic mass is 10.1. The fourth-order valence-electron chi connectivity index (χ4n) is 2.05. The van der Waals surface area contributed by atoms with Gasteiger partial charge in [-0.25, -0.2) is 9.59 Å². The zero-order chi connectivity index (χ0) is 18.6. The Bertz CT molecular complexity index is 770. The quantitative estimate of drug-likeness (QED) is 0.571. The summed E-state index contributed by atoms with van der Waals surface area (Å²) in [6, 6.07) is 3.72. The summed E-state index contributed by atoms with van der Waals surface area (Å²) in [4.78, 5) is 46.7. The summed E-state index contributed by atoms with van der Waals surface area (Å²) in [7, 11) is 1.26. The molecule has 0 unspecified atom stereocenters. The first-order chi connectivity index (χ1) is 11.8. The van der Waals surface area contributed by atoms with Crippen molar-refractivity contribution in [3.8, 4) is 11.5 Å². The molecule has 1 aliphatic rings. The maximum absolute atomic E-state index is 12.1. The van der Waals surface area contributed by atoms with Crippen LogP contribution in [0.4, 0.5) is 4.79 Å². The lowest BCUT2D eigenvalue weighted by Crippen LogP contribution is -2.52. The maximum Gasteiger partial charge on any atom is 0.341 e. The van der Waals surface area contributed by atoms with E-state index in [-0.39, 0.29) is 17.1 Å². The summed E-state index contributed by atoms with van der Waals surface area (Å²) in [6.45, 7) is 1.51. The Morgan fingerprint density at radius 2 is 1.96 bits per heavy atom. The number of nitrogens with one attached hydrogen (secondary N) is 1. The third kappa shape index (κ3) is 4.14. The first-order valence-electron chi connectivity index (χ1n) is 7.30. The summed E-state index contributed by atoms with van der Waals surface area (Å²) in [5.41, 5.74) is 0.246. The average molecular weight is 348 g/mol. The van der Waals surface area contributed by atoms with Gasteiger partial charge in [-0.05, 0) is 30.7 Å². The van der Waals surface area contributed by atoms with E-state index in [1.807, 2.05) is 0 Å². The van der Waals surface area contributed by atoms with Gasteiger partial charge < -0.3 is 14.6 Å². The van der Waals surface area contributed by atoms with Crippen LogP contribution in [0.2, 0.25) is 0 Å². The molecule has 0 spiro atoms. The van der Waals surface area contributed by atoms with Crippen LogP contribution >= 0.6 is 0 Å². The molecule has 1 saturated heterocycles. The molecule has 4 amide bonds. The molecule has 0 aromatic heterocycles. The monoisotopic (exact) mass is 348 g/mol. The van der Waals surface area contributed by atoms with Gasteiger partial charge in [0.05, 0.1) is 6.61 Å². The van der Waals surface area contributed by atoms with Gasteiger partial charge in [-0.2, -0.15) is 0 Å². The number of carboxylic acids is 1. The van der Waals surface area contributed by atoms with Gasteiger partial charge in [-0.3, -0.25) is 19.8 Å². The Kier molecular flexibility index (Phi) is 5.38. The Labute approximate surface area is 142 Å². The minimum absolute atomic E-state index is 0.205. The Morgan fingerprint density at radius 1 is 1.24 bits per heavy atom. The lowest BCUT2D eigenvalue weighted by molar-refractivity contribution is -0.139. The Balaban J connectivity index is 2.34. The van der Waals surface area contributed by atoms with E-state index in [2.05, 4.69) is 5.32 Å². The molecule has 1 aliphatic heterocycles. The summed E-state index contributed by atoms with van der Waals surface area (Å²) >= 11 is 0. The number of benzene rings is 1. The van der Waals surface area contributed by atoms with E-state index in [0.717, 1.165) is 4.90 Å². The van der Waals surface area contributed by atoms with Crippen molar-refractivity contribution in [3.63, 3.8) is 0 Å². The number of barbiturate groups is 1. The molecule has 1 heterocycles. The SMILES string of the molecule is CCOc1cc(/C=C2/C(=O)NC(=O)N(C)C2=O)ccc1OCC(=O)O. The highest BCUT2D eigenvalue weighted by Gasteiger charge is 2.33. The van der Waals surface area contributed by atoms with E-state index in [9.17, 15) is 19.2 Å². The van der Waals surface area contributed by atoms with Crippen LogP contribution in [0, 0.1) is 0 Å². The molecule has 132 valence electrons. The molecule has 1 aromatic rings. The highest BCUT2D eigenvalue weighted by Crippen LogP contribution is 2.29. The van der Waals surface area contributed by atoms with Gasteiger partial charge in [-0.1, -0.05) is 6.07 Å². The van der Waals surface area contributed by atoms with Gasteiger partial charge in [0, 0.05) is 7.05 Å². The molecule has 0 atom stereocenters.